The summed E-state index contributed by atoms with van der Waals surface area (Å²) in [6, 6.07) is 1.82. The van der Waals surface area contributed by atoms with Crippen molar-refractivity contribution in [2.45, 2.75) is 39.0 Å². The quantitative estimate of drug-likeness (QED) is 0.841. The van der Waals surface area contributed by atoms with E-state index in [1.54, 1.807) is 0 Å². The number of hydrogen-bond acceptors (Lipinski definition) is 3. The first-order valence-corrected chi connectivity index (χ1v) is 7.98. The van der Waals surface area contributed by atoms with E-state index in [1.165, 1.54) is 43.4 Å². The van der Waals surface area contributed by atoms with Gasteiger partial charge in [0.05, 0.1) is 0 Å². The van der Waals surface area contributed by atoms with E-state index in [0.29, 0.717) is 10.4 Å². The first kappa shape index (κ1) is 15.1. The second-order valence-electron chi connectivity index (χ2n) is 5.68. The van der Waals surface area contributed by atoms with Crippen molar-refractivity contribution in [2.75, 3.05) is 13.2 Å². The predicted molar refractivity (Wildman–Crippen MR) is 81.8 cm³/mol. The molecule has 1 fully saturated rings. The maximum atomic E-state index is 12.2. The summed E-state index contributed by atoms with van der Waals surface area (Å²) in [5.74, 6) is 5.36. The molecular weight excluding hydrogens is 270 g/mol. The highest BCUT2D eigenvalue weighted by atomic mass is 32.1. The van der Waals surface area contributed by atoms with Crippen molar-refractivity contribution < 1.29 is 9.90 Å². The Kier molecular flexibility index (Phi) is 5.22. The van der Waals surface area contributed by atoms with Crippen molar-refractivity contribution in [3.63, 3.8) is 0 Å². The van der Waals surface area contributed by atoms with Crippen LogP contribution in [0.25, 0.3) is 0 Å². The van der Waals surface area contributed by atoms with Gasteiger partial charge in [0.2, 0.25) is 0 Å². The van der Waals surface area contributed by atoms with Crippen LogP contribution in [0.15, 0.2) is 11.4 Å². The van der Waals surface area contributed by atoms with Gasteiger partial charge in [0.25, 0.3) is 5.91 Å². The second-order valence-corrected chi connectivity index (χ2v) is 6.59. The van der Waals surface area contributed by atoms with Gasteiger partial charge in [-0.3, -0.25) is 4.79 Å². The van der Waals surface area contributed by atoms with Crippen molar-refractivity contribution in [1.82, 2.24) is 5.32 Å². The van der Waals surface area contributed by atoms with Gasteiger partial charge in [0, 0.05) is 12.1 Å². The first-order chi connectivity index (χ1) is 9.64. The summed E-state index contributed by atoms with van der Waals surface area (Å²) in [5, 5.41) is 13.6. The van der Waals surface area contributed by atoms with Crippen molar-refractivity contribution in [3.05, 3.63) is 21.9 Å². The fourth-order valence-electron chi connectivity index (χ4n) is 2.67. The van der Waals surface area contributed by atoms with Gasteiger partial charge in [0.1, 0.15) is 11.5 Å². The molecular formula is C16H21NO2S. The predicted octanol–water partition coefficient (Wildman–Crippen LogP) is 2.79. The number of thiophene rings is 1. The minimum atomic E-state index is -0.186. The zero-order valence-electron chi connectivity index (χ0n) is 11.9. The standard InChI is InChI=1S/C16H21NO2S/c1-16(8-3-2-4-9-16)12-17-15(19)14-13(6-5-10-18)7-11-20-14/h7,11,18H,2-4,8-10,12H2,1H3,(H,17,19). The molecule has 108 valence electrons. The highest BCUT2D eigenvalue weighted by Gasteiger charge is 2.27. The molecule has 0 atom stereocenters. The largest absolute Gasteiger partial charge is 0.384 e. The highest BCUT2D eigenvalue weighted by molar-refractivity contribution is 7.12. The summed E-state index contributed by atoms with van der Waals surface area (Å²) in [7, 11) is 0. The summed E-state index contributed by atoms with van der Waals surface area (Å²) < 4.78 is 0. The van der Waals surface area contributed by atoms with Crippen LogP contribution < -0.4 is 5.32 Å². The zero-order valence-corrected chi connectivity index (χ0v) is 12.7. The third-order valence-corrected chi connectivity index (χ3v) is 4.82. The lowest BCUT2D eigenvalue weighted by molar-refractivity contribution is 0.0923. The van der Waals surface area contributed by atoms with Gasteiger partial charge in [-0.25, -0.2) is 0 Å². The van der Waals surface area contributed by atoms with E-state index in [2.05, 4.69) is 24.1 Å². The Bertz CT molecular complexity index is 518. The second kappa shape index (κ2) is 6.92. The number of carbonyl (C=O) groups excluding carboxylic acids is 1. The summed E-state index contributed by atoms with van der Waals surface area (Å²) in [5.41, 5.74) is 0.942. The van der Waals surface area contributed by atoms with Crippen LogP contribution in [-0.2, 0) is 0 Å². The fraction of sp³-hybridized carbons (Fsp3) is 0.562. The van der Waals surface area contributed by atoms with Gasteiger partial charge in [-0.15, -0.1) is 11.3 Å². The van der Waals surface area contributed by atoms with Crippen molar-refractivity contribution >= 4 is 17.2 Å². The molecule has 20 heavy (non-hydrogen) atoms. The molecule has 1 saturated carbocycles. The van der Waals surface area contributed by atoms with Gasteiger partial charge in [0.15, 0.2) is 0 Å². The van der Waals surface area contributed by atoms with Crippen LogP contribution in [0.5, 0.6) is 0 Å². The maximum Gasteiger partial charge on any atom is 0.262 e. The monoisotopic (exact) mass is 291 g/mol. The lowest BCUT2D eigenvalue weighted by Gasteiger charge is -2.33. The Morgan fingerprint density at radius 3 is 2.90 bits per heavy atom. The maximum absolute atomic E-state index is 12.2. The van der Waals surface area contributed by atoms with Crippen LogP contribution >= 0.6 is 11.3 Å². The lowest BCUT2D eigenvalue weighted by Crippen LogP contribution is -2.36. The normalized spacial score (nSPS) is 17.1. The third kappa shape index (κ3) is 3.84. The number of carbonyl (C=O) groups is 1. The summed E-state index contributed by atoms with van der Waals surface area (Å²) >= 11 is 1.40. The molecule has 3 nitrogen and oxygen atoms in total. The molecule has 0 aliphatic heterocycles. The van der Waals surface area contributed by atoms with Gasteiger partial charge in [-0.1, -0.05) is 38.0 Å². The molecule has 1 aromatic heterocycles. The molecule has 0 bridgehead atoms. The molecule has 0 saturated heterocycles. The molecule has 1 heterocycles. The lowest BCUT2D eigenvalue weighted by atomic mass is 9.76. The molecule has 0 unspecified atom stereocenters. The van der Waals surface area contributed by atoms with Crippen LogP contribution in [0.4, 0.5) is 0 Å². The topological polar surface area (TPSA) is 49.3 Å². The van der Waals surface area contributed by atoms with E-state index in [-0.39, 0.29) is 17.9 Å². The number of aliphatic hydroxyl groups excluding tert-OH is 1. The Labute approximate surface area is 124 Å². The van der Waals surface area contributed by atoms with Crippen LogP contribution in [0.2, 0.25) is 0 Å². The summed E-state index contributed by atoms with van der Waals surface area (Å²) in [6.07, 6.45) is 6.22. The summed E-state index contributed by atoms with van der Waals surface area (Å²) in [4.78, 5) is 12.9. The van der Waals surface area contributed by atoms with Gasteiger partial charge in [-0.2, -0.15) is 0 Å². The van der Waals surface area contributed by atoms with Crippen molar-refractivity contribution in [2.24, 2.45) is 5.41 Å². The van der Waals surface area contributed by atoms with Gasteiger partial charge in [-0.05, 0) is 29.7 Å². The SMILES string of the molecule is CC1(CNC(=O)c2sccc2C#CCO)CCCCC1. The van der Waals surface area contributed by atoms with Crippen molar-refractivity contribution in [3.8, 4) is 11.8 Å². The molecule has 1 aliphatic rings. The number of aliphatic hydroxyl groups is 1. The van der Waals surface area contributed by atoms with E-state index in [9.17, 15) is 4.79 Å². The van der Waals surface area contributed by atoms with Gasteiger partial charge < -0.3 is 10.4 Å². The molecule has 1 aromatic rings. The molecule has 1 aliphatic carbocycles. The number of hydrogen-bond donors (Lipinski definition) is 2. The molecule has 0 radical (unpaired) electrons. The van der Waals surface area contributed by atoms with E-state index < -0.39 is 0 Å². The summed E-state index contributed by atoms with van der Waals surface area (Å²) in [6.45, 7) is 2.80. The number of rotatable bonds is 3. The zero-order chi connectivity index (χ0) is 14.4. The highest BCUT2D eigenvalue weighted by Crippen LogP contribution is 2.35. The molecule has 4 heteroatoms. The fourth-order valence-corrected chi connectivity index (χ4v) is 3.44. The minimum absolute atomic E-state index is 0.0472. The number of amides is 1. The Balaban J connectivity index is 1.96. The Morgan fingerprint density at radius 2 is 2.20 bits per heavy atom. The van der Waals surface area contributed by atoms with Crippen LogP contribution in [0, 0.1) is 17.3 Å². The van der Waals surface area contributed by atoms with Crippen LogP contribution in [0.3, 0.4) is 0 Å². The van der Waals surface area contributed by atoms with Crippen molar-refractivity contribution in [1.29, 1.82) is 0 Å². The number of nitrogens with one attached hydrogen (secondary N) is 1. The Hall–Kier alpha value is -1.31. The minimum Gasteiger partial charge on any atom is -0.384 e. The molecule has 1 amide bonds. The first-order valence-electron chi connectivity index (χ1n) is 7.10. The van der Waals surface area contributed by atoms with E-state index in [4.69, 9.17) is 5.11 Å². The average Bonchev–Trinajstić information content (AvgIpc) is 2.92. The average molecular weight is 291 g/mol. The molecule has 2 rings (SSSR count). The molecule has 0 spiro atoms. The molecule has 2 N–H and O–H groups in total. The Morgan fingerprint density at radius 1 is 1.45 bits per heavy atom. The van der Waals surface area contributed by atoms with Crippen LogP contribution in [-0.4, -0.2) is 24.2 Å². The van der Waals surface area contributed by atoms with E-state index in [0.717, 1.165) is 6.54 Å². The van der Waals surface area contributed by atoms with E-state index in [1.807, 2.05) is 11.4 Å². The third-order valence-electron chi connectivity index (χ3n) is 3.91. The smallest absolute Gasteiger partial charge is 0.262 e. The van der Waals surface area contributed by atoms with Crippen LogP contribution in [0.1, 0.15) is 54.3 Å². The van der Waals surface area contributed by atoms with E-state index >= 15 is 0 Å². The van der Waals surface area contributed by atoms with Gasteiger partial charge >= 0.3 is 0 Å². The molecule has 0 aromatic carbocycles.